The standard InChI is InChI=1S/C16H21N3O2S/c1-3-12-7-9-13(10-8-12)15-17-16(19-18-15)22-11-5-6-14(20)21-4-2/h7-10H,3-6,11H2,1-2H3,(H,17,18,19). The van der Waals surface area contributed by atoms with Crippen LogP contribution in [0.4, 0.5) is 0 Å². The van der Waals surface area contributed by atoms with Gasteiger partial charge < -0.3 is 4.74 Å². The van der Waals surface area contributed by atoms with Crippen LogP contribution in [0.25, 0.3) is 11.4 Å². The highest BCUT2D eigenvalue weighted by molar-refractivity contribution is 7.99. The summed E-state index contributed by atoms with van der Waals surface area (Å²) in [5, 5.41) is 7.86. The first-order valence-corrected chi connectivity index (χ1v) is 8.51. The zero-order valence-corrected chi connectivity index (χ0v) is 13.8. The molecule has 2 rings (SSSR count). The van der Waals surface area contributed by atoms with Crippen molar-refractivity contribution in [3.8, 4) is 11.4 Å². The number of benzene rings is 1. The van der Waals surface area contributed by atoms with Gasteiger partial charge in [-0.3, -0.25) is 9.89 Å². The molecule has 0 spiro atoms. The molecule has 6 heteroatoms. The molecule has 1 aromatic heterocycles. The Kier molecular flexibility index (Phi) is 6.45. The van der Waals surface area contributed by atoms with Crippen LogP contribution in [0.1, 0.15) is 32.3 Å². The summed E-state index contributed by atoms with van der Waals surface area (Å²) in [6.45, 7) is 4.39. The monoisotopic (exact) mass is 319 g/mol. The maximum atomic E-state index is 11.2. The van der Waals surface area contributed by atoms with Crippen molar-refractivity contribution in [2.75, 3.05) is 12.4 Å². The van der Waals surface area contributed by atoms with Gasteiger partial charge in [0.1, 0.15) is 0 Å². The van der Waals surface area contributed by atoms with E-state index in [0.29, 0.717) is 18.2 Å². The average molecular weight is 319 g/mol. The Hall–Kier alpha value is -1.82. The molecule has 0 amide bonds. The lowest BCUT2D eigenvalue weighted by Gasteiger charge is -2.00. The van der Waals surface area contributed by atoms with E-state index in [1.165, 1.54) is 5.56 Å². The summed E-state index contributed by atoms with van der Waals surface area (Å²) in [5.41, 5.74) is 2.33. The van der Waals surface area contributed by atoms with Crippen LogP contribution >= 0.6 is 11.8 Å². The van der Waals surface area contributed by atoms with E-state index in [1.54, 1.807) is 11.8 Å². The molecule has 0 radical (unpaired) electrons. The fraction of sp³-hybridized carbons (Fsp3) is 0.438. The average Bonchev–Trinajstić information content (AvgIpc) is 3.01. The van der Waals surface area contributed by atoms with Crippen molar-refractivity contribution >= 4 is 17.7 Å². The Labute approximate surface area is 134 Å². The molecule has 2 aromatic rings. The molecule has 5 nitrogen and oxygen atoms in total. The summed E-state index contributed by atoms with van der Waals surface area (Å²) in [4.78, 5) is 15.7. The summed E-state index contributed by atoms with van der Waals surface area (Å²) in [6, 6.07) is 8.30. The molecule has 118 valence electrons. The summed E-state index contributed by atoms with van der Waals surface area (Å²) in [5.74, 6) is 1.43. The number of hydrogen-bond donors (Lipinski definition) is 1. The number of thioether (sulfide) groups is 1. The van der Waals surface area contributed by atoms with Crippen LogP contribution in [0.2, 0.25) is 0 Å². The maximum absolute atomic E-state index is 11.2. The number of aryl methyl sites for hydroxylation is 1. The van der Waals surface area contributed by atoms with E-state index >= 15 is 0 Å². The third-order valence-electron chi connectivity index (χ3n) is 3.16. The number of rotatable bonds is 8. The number of esters is 1. The number of hydrogen-bond acceptors (Lipinski definition) is 5. The van der Waals surface area contributed by atoms with Crippen molar-refractivity contribution in [1.29, 1.82) is 0 Å². The minimum absolute atomic E-state index is 0.144. The van der Waals surface area contributed by atoms with Gasteiger partial charge in [0.25, 0.3) is 0 Å². The van der Waals surface area contributed by atoms with Crippen molar-refractivity contribution < 1.29 is 9.53 Å². The van der Waals surface area contributed by atoms with Gasteiger partial charge in [-0.2, -0.15) is 0 Å². The lowest BCUT2D eigenvalue weighted by Crippen LogP contribution is -2.03. The van der Waals surface area contributed by atoms with E-state index in [1.807, 2.05) is 6.92 Å². The number of H-pyrrole nitrogens is 1. The van der Waals surface area contributed by atoms with E-state index in [2.05, 4.69) is 46.4 Å². The molecular weight excluding hydrogens is 298 g/mol. The predicted molar refractivity (Wildman–Crippen MR) is 87.8 cm³/mol. The molecule has 0 aliphatic heterocycles. The molecule has 0 aliphatic rings. The number of aromatic amines is 1. The second-order valence-electron chi connectivity index (χ2n) is 4.77. The largest absolute Gasteiger partial charge is 0.466 e. The van der Waals surface area contributed by atoms with Crippen LogP contribution < -0.4 is 0 Å². The fourth-order valence-corrected chi connectivity index (χ4v) is 2.69. The molecule has 0 aliphatic carbocycles. The number of nitrogens with one attached hydrogen (secondary N) is 1. The summed E-state index contributed by atoms with van der Waals surface area (Å²) in [6.07, 6.45) is 2.23. The predicted octanol–water partition coefficient (Wildman–Crippen LogP) is 3.47. The molecule has 0 unspecified atom stereocenters. The Balaban J connectivity index is 1.82. The molecule has 22 heavy (non-hydrogen) atoms. The molecule has 0 bridgehead atoms. The summed E-state index contributed by atoms with van der Waals surface area (Å²) in [7, 11) is 0. The van der Waals surface area contributed by atoms with E-state index in [-0.39, 0.29) is 5.97 Å². The van der Waals surface area contributed by atoms with Gasteiger partial charge in [-0.05, 0) is 25.3 Å². The van der Waals surface area contributed by atoms with Gasteiger partial charge in [-0.15, -0.1) is 5.10 Å². The molecule has 1 aromatic carbocycles. The van der Waals surface area contributed by atoms with Gasteiger partial charge in [0.2, 0.25) is 5.16 Å². The molecule has 1 N–H and O–H groups in total. The minimum atomic E-state index is -0.144. The highest BCUT2D eigenvalue weighted by Gasteiger charge is 2.07. The Morgan fingerprint density at radius 2 is 2.05 bits per heavy atom. The first-order valence-electron chi connectivity index (χ1n) is 7.53. The van der Waals surface area contributed by atoms with Crippen molar-refractivity contribution in [3.05, 3.63) is 29.8 Å². The molecule has 0 fully saturated rings. The van der Waals surface area contributed by atoms with E-state index in [4.69, 9.17) is 4.74 Å². The van der Waals surface area contributed by atoms with Crippen LogP contribution in [0, 0.1) is 0 Å². The Morgan fingerprint density at radius 3 is 2.73 bits per heavy atom. The zero-order chi connectivity index (χ0) is 15.8. The van der Waals surface area contributed by atoms with Crippen LogP contribution in [-0.4, -0.2) is 33.5 Å². The fourth-order valence-electron chi connectivity index (χ4n) is 1.95. The summed E-state index contributed by atoms with van der Waals surface area (Å²) < 4.78 is 4.89. The van der Waals surface area contributed by atoms with Gasteiger partial charge >= 0.3 is 5.97 Å². The Morgan fingerprint density at radius 1 is 1.27 bits per heavy atom. The van der Waals surface area contributed by atoms with Gasteiger partial charge in [-0.25, -0.2) is 4.98 Å². The zero-order valence-electron chi connectivity index (χ0n) is 13.0. The van der Waals surface area contributed by atoms with E-state index in [0.717, 1.165) is 30.0 Å². The second kappa shape index (κ2) is 8.58. The first kappa shape index (κ1) is 16.5. The first-order chi connectivity index (χ1) is 10.7. The third-order valence-corrected chi connectivity index (χ3v) is 4.10. The normalized spacial score (nSPS) is 10.6. The van der Waals surface area contributed by atoms with Crippen LogP contribution in [0.5, 0.6) is 0 Å². The third kappa shape index (κ3) is 4.87. The Bertz CT molecular complexity index is 596. The lowest BCUT2D eigenvalue weighted by atomic mass is 10.1. The number of carbonyl (C=O) groups excluding carboxylic acids is 1. The van der Waals surface area contributed by atoms with Gasteiger partial charge in [0.05, 0.1) is 6.61 Å². The molecule has 0 atom stereocenters. The highest BCUT2D eigenvalue weighted by atomic mass is 32.2. The van der Waals surface area contributed by atoms with Gasteiger partial charge in [-0.1, -0.05) is 43.0 Å². The van der Waals surface area contributed by atoms with Crippen molar-refractivity contribution in [2.45, 2.75) is 38.3 Å². The number of carbonyl (C=O) groups is 1. The summed E-state index contributed by atoms with van der Waals surface area (Å²) >= 11 is 1.54. The van der Waals surface area contributed by atoms with Crippen LogP contribution in [-0.2, 0) is 16.0 Å². The lowest BCUT2D eigenvalue weighted by molar-refractivity contribution is -0.143. The molecule has 1 heterocycles. The minimum Gasteiger partial charge on any atom is -0.466 e. The quantitative estimate of drug-likeness (QED) is 0.458. The van der Waals surface area contributed by atoms with E-state index < -0.39 is 0 Å². The smallest absolute Gasteiger partial charge is 0.305 e. The number of aromatic nitrogens is 3. The number of nitrogens with zero attached hydrogens (tertiary/aromatic N) is 2. The van der Waals surface area contributed by atoms with E-state index in [9.17, 15) is 4.79 Å². The topological polar surface area (TPSA) is 67.9 Å². The molecule has 0 saturated carbocycles. The highest BCUT2D eigenvalue weighted by Crippen LogP contribution is 2.20. The van der Waals surface area contributed by atoms with Gasteiger partial charge in [0.15, 0.2) is 5.82 Å². The maximum Gasteiger partial charge on any atom is 0.305 e. The van der Waals surface area contributed by atoms with Crippen molar-refractivity contribution in [3.63, 3.8) is 0 Å². The molecule has 0 saturated heterocycles. The van der Waals surface area contributed by atoms with Crippen molar-refractivity contribution in [1.82, 2.24) is 15.2 Å². The molecular formula is C16H21N3O2S. The van der Waals surface area contributed by atoms with Crippen LogP contribution in [0.15, 0.2) is 29.4 Å². The number of ether oxygens (including phenoxy) is 1. The second-order valence-corrected chi connectivity index (χ2v) is 5.84. The SMILES string of the molecule is CCOC(=O)CCCSc1n[nH]c(-c2ccc(CC)cc2)n1. The van der Waals surface area contributed by atoms with Crippen molar-refractivity contribution in [2.24, 2.45) is 0 Å². The van der Waals surface area contributed by atoms with Crippen LogP contribution in [0.3, 0.4) is 0 Å². The van der Waals surface area contributed by atoms with Gasteiger partial charge in [0, 0.05) is 17.7 Å².